The summed E-state index contributed by atoms with van der Waals surface area (Å²) in [5.41, 5.74) is 1.41. The third-order valence-electron chi connectivity index (χ3n) is 3.13. The van der Waals surface area contributed by atoms with Crippen molar-refractivity contribution >= 4 is 0 Å². The van der Waals surface area contributed by atoms with Crippen LogP contribution in [0, 0.1) is 0 Å². The van der Waals surface area contributed by atoms with Crippen LogP contribution in [0.5, 0.6) is 11.5 Å². The van der Waals surface area contributed by atoms with Gasteiger partial charge in [0.05, 0.1) is 14.2 Å². The molecule has 82 valence electrons. The molecule has 0 aromatic heterocycles. The topological polar surface area (TPSA) is 30.5 Å². The van der Waals surface area contributed by atoms with E-state index < -0.39 is 0 Å². The van der Waals surface area contributed by atoms with Crippen LogP contribution in [0.3, 0.4) is 0 Å². The van der Waals surface area contributed by atoms with Crippen LogP contribution < -0.4 is 14.8 Å². The molecule has 0 unspecified atom stereocenters. The molecule has 1 aromatic carbocycles. The molecule has 1 aromatic rings. The minimum absolute atomic E-state index is 0.155. The number of ether oxygens (including phenoxy) is 2. The Morgan fingerprint density at radius 2 is 1.60 bits per heavy atom. The highest BCUT2D eigenvalue weighted by Gasteiger charge is 2.43. The Morgan fingerprint density at radius 1 is 1.07 bits per heavy atom. The van der Waals surface area contributed by atoms with Crippen LogP contribution in [0.25, 0.3) is 0 Å². The van der Waals surface area contributed by atoms with E-state index in [9.17, 15) is 0 Å². The monoisotopic (exact) mass is 207 g/mol. The lowest BCUT2D eigenvalue weighted by Gasteiger charge is -2.16. The Bertz CT molecular complexity index is 336. The van der Waals surface area contributed by atoms with E-state index in [0.717, 1.165) is 11.5 Å². The van der Waals surface area contributed by atoms with Gasteiger partial charge in [-0.05, 0) is 37.6 Å². The molecular weight excluding hydrogens is 190 g/mol. The van der Waals surface area contributed by atoms with Gasteiger partial charge >= 0.3 is 0 Å². The average Bonchev–Trinajstić information content (AvgIpc) is 3.09. The SMILES string of the molecule is CNC1(c2cc(OC)cc(OC)c2)CC1. The molecule has 0 spiro atoms. The lowest BCUT2D eigenvalue weighted by molar-refractivity contribution is 0.391. The summed E-state index contributed by atoms with van der Waals surface area (Å²) in [5.74, 6) is 1.71. The molecule has 0 amide bonds. The van der Waals surface area contributed by atoms with Crippen LogP contribution in [0.15, 0.2) is 18.2 Å². The lowest BCUT2D eigenvalue weighted by atomic mass is 10.0. The molecule has 3 nitrogen and oxygen atoms in total. The van der Waals surface area contributed by atoms with E-state index in [4.69, 9.17) is 9.47 Å². The highest BCUT2D eigenvalue weighted by Crippen LogP contribution is 2.46. The minimum atomic E-state index is 0.155. The van der Waals surface area contributed by atoms with Gasteiger partial charge < -0.3 is 14.8 Å². The van der Waals surface area contributed by atoms with Crippen LogP contribution in [-0.2, 0) is 5.54 Å². The zero-order valence-electron chi connectivity index (χ0n) is 9.46. The smallest absolute Gasteiger partial charge is 0.122 e. The molecule has 2 rings (SSSR count). The van der Waals surface area contributed by atoms with Crippen molar-refractivity contribution in [2.24, 2.45) is 0 Å². The average molecular weight is 207 g/mol. The van der Waals surface area contributed by atoms with Crippen LogP contribution in [0.2, 0.25) is 0 Å². The van der Waals surface area contributed by atoms with E-state index in [2.05, 4.69) is 17.4 Å². The first-order valence-corrected chi connectivity index (χ1v) is 5.16. The Hall–Kier alpha value is -1.22. The first-order valence-electron chi connectivity index (χ1n) is 5.16. The molecule has 15 heavy (non-hydrogen) atoms. The van der Waals surface area contributed by atoms with Crippen LogP contribution >= 0.6 is 0 Å². The Morgan fingerprint density at radius 3 is 1.93 bits per heavy atom. The second-order valence-corrected chi connectivity index (χ2v) is 3.93. The maximum Gasteiger partial charge on any atom is 0.122 e. The number of rotatable bonds is 4. The van der Waals surface area contributed by atoms with E-state index in [1.807, 2.05) is 13.1 Å². The van der Waals surface area contributed by atoms with Gasteiger partial charge in [-0.1, -0.05) is 0 Å². The molecule has 0 atom stereocenters. The van der Waals surface area contributed by atoms with Crippen molar-refractivity contribution in [2.45, 2.75) is 18.4 Å². The first-order chi connectivity index (χ1) is 7.24. The summed E-state index contributed by atoms with van der Waals surface area (Å²) in [6.07, 6.45) is 2.36. The van der Waals surface area contributed by atoms with Crippen molar-refractivity contribution in [2.75, 3.05) is 21.3 Å². The van der Waals surface area contributed by atoms with E-state index >= 15 is 0 Å². The second-order valence-electron chi connectivity index (χ2n) is 3.93. The van der Waals surface area contributed by atoms with Gasteiger partial charge in [-0.2, -0.15) is 0 Å². The number of benzene rings is 1. The fourth-order valence-corrected chi connectivity index (χ4v) is 1.89. The number of hydrogen-bond acceptors (Lipinski definition) is 3. The molecule has 1 N–H and O–H groups in total. The van der Waals surface area contributed by atoms with Crippen molar-refractivity contribution in [3.8, 4) is 11.5 Å². The molecule has 0 heterocycles. The van der Waals surface area contributed by atoms with Crippen LogP contribution in [0.4, 0.5) is 0 Å². The van der Waals surface area contributed by atoms with E-state index in [1.54, 1.807) is 14.2 Å². The molecule has 1 fully saturated rings. The van der Waals surface area contributed by atoms with Gasteiger partial charge in [0.2, 0.25) is 0 Å². The lowest BCUT2D eigenvalue weighted by Crippen LogP contribution is -2.24. The second kappa shape index (κ2) is 3.74. The summed E-state index contributed by atoms with van der Waals surface area (Å²) in [5, 5.41) is 3.36. The number of methoxy groups -OCH3 is 2. The third kappa shape index (κ3) is 1.79. The van der Waals surface area contributed by atoms with Gasteiger partial charge in [0, 0.05) is 11.6 Å². The van der Waals surface area contributed by atoms with Crippen molar-refractivity contribution in [1.82, 2.24) is 5.32 Å². The fraction of sp³-hybridized carbons (Fsp3) is 0.500. The van der Waals surface area contributed by atoms with Crippen LogP contribution in [-0.4, -0.2) is 21.3 Å². The molecule has 0 aliphatic heterocycles. The summed E-state index contributed by atoms with van der Waals surface area (Å²) in [6, 6.07) is 6.05. The Kier molecular flexibility index (Phi) is 2.57. The first kappa shape index (κ1) is 10.3. The zero-order chi connectivity index (χ0) is 10.9. The maximum absolute atomic E-state index is 5.26. The molecule has 1 aliphatic rings. The van der Waals surface area contributed by atoms with E-state index in [1.165, 1.54) is 18.4 Å². The van der Waals surface area contributed by atoms with E-state index in [0.29, 0.717) is 0 Å². The quantitative estimate of drug-likeness (QED) is 0.818. The Labute approximate surface area is 90.4 Å². The highest BCUT2D eigenvalue weighted by molar-refractivity contribution is 5.43. The van der Waals surface area contributed by atoms with Gasteiger partial charge in [-0.3, -0.25) is 0 Å². The summed E-state index contributed by atoms with van der Waals surface area (Å²) in [4.78, 5) is 0. The largest absolute Gasteiger partial charge is 0.497 e. The number of nitrogens with one attached hydrogen (secondary N) is 1. The van der Waals surface area contributed by atoms with E-state index in [-0.39, 0.29) is 5.54 Å². The summed E-state index contributed by atoms with van der Waals surface area (Å²) in [7, 11) is 5.36. The molecule has 0 bridgehead atoms. The normalized spacial score (nSPS) is 17.3. The molecular formula is C12H17NO2. The number of hydrogen-bond donors (Lipinski definition) is 1. The highest BCUT2D eigenvalue weighted by atomic mass is 16.5. The van der Waals surface area contributed by atoms with Crippen LogP contribution in [0.1, 0.15) is 18.4 Å². The van der Waals surface area contributed by atoms with Gasteiger partial charge in [0.25, 0.3) is 0 Å². The predicted molar refractivity (Wildman–Crippen MR) is 59.5 cm³/mol. The maximum atomic E-state index is 5.26. The minimum Gasteiger partial charge on any atom is -0.497 e. The summed E-state index contributed by atoms with van der Waals surface area (Å²) < 4.78 is 10.5. The summed E-state index contributed by atoms with van der Waals surface area (Å²) >= 11 is 0. The molecule has 3 heteroatoms. The third-order valence-corrected chi connectivity index (χ3v) is 3.13. The van der Waals surface area contributed by atoms with Gasteiger partial charge in [0.1, 0.15) is 11.5 Å². The molecule has 0 radical (unpaired) electrons. The fourth-order valence-electron chi connectivity index (χ4n) is 1.89. The molecule has 1 aliphatic carbocycles. The van der Waals surface area contributed by atoms with Crippen molar-refractivity contribution < 1.29 is 9.47 Å². The molecule has 1 saturated carbocycles. The van der Waals surface area contributed by atoms with Gasteiger partial charge in [0.15, 0.2) is 0 Å². The standard InChI is InChI=1S/C12H17NO2/c1-13-12(4-5-12)9-6-10(14-2)8-11(7-9)15-3/h6-8,13H,4-5H2,1-3H3. The zero-order valence-corrected chi connectivity index (χ0v) is 9.46. The van der Waals surface area contributed by atoms with Crippen molar-refractivity contribution in [1.29, 1.82) is 0 Å². The van der Waals surface area contributed by atoms with Gasteiger partial charge in [-0.15, -0.1) is 0 Å². The van der Waals surface area contributed by atoms with Crippen molar-refractivity contribution in [3.63, 3.8) is 0 Å². The van der Waals surface area contributed by atoms with Gasteiger partial charge in [-0.25, -0.2) is 0 Å². The molecule has 0 saturated heterocycles. The Balaban J connectivity index is 2.38. The summed E-state index contributed by atoms with van der Waals surface area (Å²) in [6.45, 7) is 0. The predicted octanol–water partition coefficient (Wildman–Crippen LogP) is 1.91. The van der Waals surface area contributed by atoms with Crippen molar-refractivity contribution in [3.05, 3.63) is 23.8 Å².